The van der Waals surface area contributed by atoms with Crippen LogP contribution in [0.25, 0.3) is 0 Å². The molecular formula is C11H15NO4S. The normalized spacial score (nSPS) is 12.4. The van der Waals surface area contributed by atoms with Crippen LogP contribution in [0.5, 0.6) is 0 Å². The lowest BCUT2D eigenvalue weighted by atomic mass is 10.00. The number of rotatable bonds is 4. The summed E-state index contributed by atoms with van der Waals surface area (Å²) < 4.78 is 30.1. The SMILES string of the molecule is CC(C)(c1ccc(CC(N)=O)cc1)S(=O)(=O)O. The second-order valence-corrected chi connectivity index (χ2v) is 6.30. The van der Waals surface area contributed by atoms with Crippen molar-refractivity contribution in [2.24, 2.45) is 5.73 Å². The predicted octanol–water partition coefficient (Wildman–Crippen LogP) is 0.837. The van der Waals surface area contributed by atoms with Crippen LogP contribution < -0.4 is 5.73 Å². The van der Waals surface area contributed by atoms with Gasteiger partial charge in [0, 0.05) is 0 Å². The van der Waals surface area contributed by atoms with Crippen molar-refractivity contribution in [1.82, 2.24) is 0 Å². The van der Waals surface area contributed by atoms with Crippen molar-refractivity contribution in [3.8, 4) is 0 Å². The summed E-state index contributed by atoms with van der Waals surface area (Å²) in [4.78, 5) is 10.7. The van der Waals surface area contributed by atoms with Gasteiger partial charge in [-0.05, 0) is 25.0 Å². The maximum absolute atomic E-state index is 11.2. The van der Waals surface area contributed by atoms with Gasteiger partial charge in [0.15, 0.2) is 0 Å². The molecule has 0 spiro atoms. The maximum atomic E-state index is 11.2. The van der Waals surface area contributed by atoms with E-state index in [0.717, 1.165) is 0 Å². The first-order valence-corrected chi connectivity index (χ1v) is 6.43. The summed E-state index contributed by atoms with van der Waals surface area (Å²) in [6, 6.07) is 6.36. The van der Waals surface area contributed by atoms with Crippen LogP contribution in [-0.4, -0.2) is 18.9 Å². The van der Waals surface area contributed by atoms with Gasteiger partial charge in [0.2, 0.25) is 5.91 Å². The lowest BCUT2D eigenvalue weighted by Crippen LogP contribution is -2.28. The van der Waals surface area contributed by atoms with E-state index in [-0.39, 0.29) is 6.42 Å². The van der Waals surface area contributed by atoms with Gasteiger partial charge in [0.1, 0.15) is 4.75 Å². The van der Waals surface area contributed by atoms with Crippen LogP contribution in [0.3, 0.4) is 0 Å². The number of amides is 1. The third-order valence-electron chi connectivity index (χ3n) is 2.67. The highest BCUT2D eigenvalue weighted by Gasteiger charge is 2.34. The molecule has 1 aromatic carbocycles. The fourth-order valence-corrected chi connectivity index (χ4v) is 1.81. The smallest absolute Gasteiger partial charge is 0.274 e. The van der Waals surface area contributed by atoms with Crippen LogP contribution in [0.2, 0.25) is 0 Å². The van der Waals surface area contributed by atoms with Gasteiger partial charge >= 0.3 is 0 Å². The van der Waals surface area contributed by atoms with Crippen molar-refractivity contribution in [3.05, 3.63) is 35.4 Å². The van der Waals surface area contributed by atoms with Gasteiger partial charge in [0.05, 0.1) is 6.42 Å². The number of nitrogens with two attached hydrogens (primary N) is 1. The molecule has 0 saturated heterocycles. The highest BCUT2D eigenvalue weighted by atomic mass is 32.2. The minimum atomic E-state index is -4.18. The summed E-state index contributed by atoms with van der Waals surface area (Å²) in [5.74, 6) is -0.452. The number of carbonyl (C=O) groups excluding carboxylic acids is 1. The zero-order chi connectivity index (χ0) is 13.3. The van der Waals surface area contributed by atoms with Crippen molar-refractivity contribution >= 4 is 16.0 Å². The van der Waals surface area contributed by atoms with Gasteiger partial charge in [0.25, 0.3) is 10.1 Å². The van der Waals surface area contributed by atoms with Crippen molar-refractivity contribution < 1.29 is 17.8 Å². The molecule has 0 unspecified atom stereocenters. The van der Waals surface area contributed by atoms with Gasteiger partial charge in [-0.25, -0.2) is 0 Å². The largest absolute Gasteiger partial charge is 0.369 e. The molecule has 1 aromatic rings. The maximum Gasteiger partial charge on any atom is 0.274 e. The highest BCUT2D eigenvalue weighted by Crippen LogP contribution is 2.28. The molecule has 5 nitrogen and oxygen atoms in total. The average Bonchev–Trinajstić information content (AvgIpc) is 2.15. The van der Waals surface area contributed by atoms with Gasteiger partial charge < -0.3 is 5.73 Å². The van der Waals surface area contributed by atoms with E-state index in [2.05, 4.69) is 0 Å². The molecule has 1 amide bonds. The molecule has 0 aliphatic heterocycles. The van der Waals surface area contributed by atoms with E-state index >= 15 is 0 Å². The lowest BCUT2D eigenvalue weighted by Gasteiger charge is -2.21. The summed E-state index contributed by atoms with van der Waals surface area (Å²) in [6.07, 6.45) is 0.104. The number of hydrogen-bond acceptors (Lipinski definition) is 3. The van der Waals surface area contributed by atoms with Crippen molar-refractivity contribution in [3.63, 3.8) is 0 Å². The van der Waals surface area contributed by atoms with Crippen LogP contribution in [0, 0.1) is 0 Å². The van der Waals surface area contributed by atoms with E-state index in [4.69, 9.17) is 10.3 Å². The number of hydrogen-bond donors (Lipinski definition) is 2. The zero-order valence-corrected chi connectivity index (χ0v) is 10.5. The molecule has 0 saturated carbocycles. The molecule has 0 aliphatic rings. The standard InChI is InChI=1S/C11H15NO4S/c1-11(2,17(14,15)16)9-5-3-8(4-6-9)7-10(12)13/h3-6H,7H2,1-2H3,(H2,12,13)(H,14,15,16). The quantitative estimate of drug-likeness (QED) is 0.781. The van der Waals surface area contributed by atoms with E-state index in [0.29, 0.717) is 11.1 Å². The summed E-state index contributed by atoms with van der Waals surface area (Å²) in [5, 5.41) is 0. The van der Waals surface area contributed by atoms with Gasteiger partial charge in [-0.1, -0.05) is 24.3 Å². The van der Waals surface area contributed by atoms with Gasteiger partial charge in [-0.2, -0.15) is 8.42 Å². The first-order valence-electron chi connectivity index (χ1n) is 4.99. The first-order chi connectivity index (χ1) is 7.64. The molecule has 6 heteroatoms. The predicted molar refractivity (Wildman–Crippen MR) is 63.9 cm³/mol. The Kier molecular flexibility index (Phi) is 3.59. The molecule has 0 radical (unpaired) electrons. The minimum absolute atomic E-state index is 0.104. The van der Waals surface area contributed by atoms with Crippen molar-refractivity contribution in [2.45, 2.75) is 25.0 Å². The van der Waals surface area contributed by atoms with Crippen LogP contribution in [0.4, 0.5) is 0 Å². The molecule has 17 heavy (non-hydrogen) atoms. The molecule has 0 aliphatic carbocycles. The van der Waals surface area contributed by atoms with Gasteiger partial charge in [-0.15, -0.1) is 0 Å². The molecule has 3 N–H and O–H groups in total. The second kappa shape index (κ2) is 4.46. The van der Waals surface area contributed by atoms with E-state index in [1.54, 1.807) is 24.3 Å². The lowest BCUT2D eigenvalue weighted by molar-refractivity contribution is -0.117. The summed E-state index contributed by atoms with van der Waals surface area (Å²) in [6.45, 7) is 2.82. The Hall–Kier alpha value is -1.40. The molecule has 1 rings (SSSR count). The second-order valence-electron chi connectivity index (χ2n) is 4.33. The van der Waals surface area contributed by atoms with Crippen LogP contribution >= 0.6 is 0 Å². The van der Waals surface area contributed by atoms with Crippen LogP contribution in [0.1, 0.15) is 25.0 Å². The molecular weight excluding hydrogens is 242 g/mol. The Balaban J connectivity index is 3.07. The van der Waals surface area contributed by atoms with Crippen LogP contribution in [-0.2, 0) is 26.1 Å². The summed E-state index contributed by atoms with van der Waals surface area (Å²) >= 11 is 0. The first kappa shape index (κ1) is 13.7. The van der Waals surface area contributed by atoms with Crippen LogP contribution in [0.15, 0.2) is 24.3 Å². The molecule has 94 valence electrons. The third-order valence-corrected chi connectivity index (χ3v) is 4.20. The van der Waals surface area contributed by atoms with E-state index < -0.39 is 20.8 Å². The molecule has 0 bridgehead atoms. The molecule has 0 aromatic heterocycles. The van der Waals surface area contributed by atoms with Crippen molar-refractivity contribution in [2.75, 3.05) is 0 Å². The topological polar surface area (TPSA) is 97.5 Å². The molecule has 0 heterocycles. The summed E-state index contributed by atoms with van der Waals surface area (Å²) in [5.41, 5.74) is 6.20. The van der Waals surface area contributed by atoms with Crippen molar-refractivity contribution in [1.29, 1.82) is 0 Å². The zero-order valence-electron chi connectivity index (χ0n) is 9.67. The Morgan fingerprint density at radius 3 is 2.12 bits per heavy atom. The Labute approximate surface area is 100 Å². The van der Waals surface area contributed by atoms with E-state index in [1.807, 2.05) is 0 Å². The fraction of sp³-hybridized carbons (Fsp3) is 0.364. The van der Waals surface area contributed by atoms with E-state index in [9.17, 15) is 13.2 Å². The summed E-state index contributed by atoms with van der Waals surface area (Å²) in [7, 11) is -4.18. The number of primary amides is 1. The number of carbonyl (C=O) groups is 1. The highest BCUT2D eigenvalue weighted by molar-refractivity contribution is 7.86. The monoisotopic (exact) mass is 257 g/mol. The minimum Gasteiger partial charge on any atom is -0.369 e. The Morgan fingerprint density at radius 1 is 1.29 bits per heavy atom. The average molecular weight is 257 g/mol. The fourth-order valence-electron chi connectivity index (χ4n) is 1.37. The number of benzene rings is 1. The Morgan fingerprint density at radius 2 is 1.76 bits per heavy atom. The Bertz CT molecular complexity index is 517. The van der Waals surface area contributed by atoms with Gasteiger partial charge in [-0.3, -0.25) is 9.35 Å². The molecule has 0 fully saturated rings. The molecule has 0 atom stereocenters. The van der Waals surface area contributed by atoms with E-state index in [1.165, 1.54) is 13.8 Å². The third kappa shape index (κ3) is 3.04.